The van der Waals surface area contributed by atoms with Crippen molar-refractivity contribution in [3.8, 4) is 0 Å². The fraction of sp³-hybridized carbons (Fsp3) is 0.250. The number of hydrogen-bond acceptors (Lipinski definition) is 2. The molecule has 21 heavy (non-hydrogen) atoms. The van der Waals surface area contributed by atoms with Gasteiger partial charge in [0.05, 0.1) is 4.90 Å². The first-order chi connectivity index (χ1) is 9.90. The van der Waals surface area contributed by atoms with Crippen LogP contribution in [0.5, 0.6) is 0 Å². The van der Waals surface area contributed by atoms with E-state index in [1.165, 1.54) is 12.1 Å². The molecule has 1 unspecified atom stereocenters. The number of benzene rings is 2. The van der Waals surface area contributed by atoms with Crippen molar-refractivity contribution in [3.05, 3.63) is 66.0 Å². The predicted molar refractivity (Wildman–Crippen MR) is 80.7 cm³/mol. The van der Waals surface area contributed by atoms with E-state index < -0.39 is 16.1 Å². The van der Waals surface area contributed by atoms with Gasteiger partial charge >= 0.3 is 0 Å². The van der Waals surface area contributed by atoms with E-state index >= 15 is 0 Å². The van der Waals surface area contributed by atoms with E-state index in [0.717, 1.165) is 5.56 Å². The van der Waals surface area contributed by atoms with Crippen LogP contribution >= 0.6 is 0 Å². The van der Waals surface area contributed by atoms with Crippen LogP contribution < -0.4 is 4.72 Å². The van der Waals surface area contributed by atoms with Crippen molar-refractivity contribution in [2.45, 2.75) is 24.8 Å². The van der Waals surface area contributed by atoms with Gasteiger partial charge in [0, 0.05) is 6.04 Å². The highest BCUT2D eigenvalue weighted by molar-refractivity contribution is 7.89. The molecule has 0 heterocycles. The number of hydrogen-bond donors (Lipinski definition) is 1. The molecule has 0 aliphatic carbocycles. The van der Waals surface area contributed by atoms with Gasteiger partial charge in [0.2, 0.25) is 10.0 Å². The molecule has 5 heteroatoms. The van der Waals surface area contributed by atoms with Gasteiger partial charge in [-0.25, -0.2) is 17.5 Å². The van der Waals surface area contributed by atoms with Gasteiger partial charge in [-0.2, -0.15) is 0 Å². The number of sulfonamides is 1. The first-order valence-electron chi connectivity index (χ1n) is 6.73. The molecule has 0 amide bonds. The van der Waals surface area contributed by atoms with Crippen LogP contribution in [-0.2, 0) is 10.0 Å². The summed E-state index contributed by atoms with van der Waals surface area (Å²) < 4.78 is 40.5. The maximum Gasteiger partial charge on any atom is 0.241 e. The van der Waals surface area contributed by atoms with Crippen molar-refractivity contribution in [1.82, 2.24) is 4.72 Å². The normalized spacial score (nSPS) is 13.3. The van der Waals surface area contributed by atoms with Crippen molar-refractivity contribution in [3.63, 3.8) is 0 Å². The molecule has 112 valence electrons. The lowest BCUT2D eigenvalue weighted by molar-refractivity contribution is 0.462. The van der Waals surface area contributed by atoms with Crippen LogP contribution in [0.15, 0.2) is 59.5 Å². The number of rotatable bonds is 5. The zero-order valence-corrected chi connectivity index (χ0v) is 12.8. The molecule has 2 aromatic rings. The van der Waals surface area contributed by atoms with E-state index in [1.807, 2.05) is 13.8 Å². The fourth-order valence-corrected chi connectivity index (χ4v) is 3.49. The summed E-state index contributed by atoms with van der Waals surface area (Å²) >= 11 is 0. The number of halogens is 1. The van der Waals surface area contributed by atoms with E-state index in [9.17, 15) is 12.8 Å². The monoisotopic (exact) mass is 307 g/mol. The zero-order chi connectivity index (χ0) is 15.5. The minimum Gasteiger partial charge on any atom is -0.207 e. The molecule has 0 aliphatic rings. The van der Waals surface area contributed by atoms with E-state index in [4.69, 9.17) is 0 Å². The topological polar surface area (TPSA) is 46.2 Å². The van der Waals surface area contributed by atoms with Gasteiger partial charge in [-0.1, -0.05) is 44.2 Å². The average Bonchev–Trinajstić information content (AvgIpc) is 2.47. The standard InChI is InChI=1S/C16H18FNO2S/c1-12(2)16(13-8-10-14(17)11-9-13)18-21(19,20)15-6-4-3-5-7-15/h3-12,16,18H,1-2H3. The SMILES string of the molecule is CC(C)C(NS(=O)(=O)c1ccccc1)c1ccc(F)cc1. The molecule has 0 saturated carbocycles. The zero-order valence-electron chi connectivity index (χ0n) is 12.0. The van der Waals surface area contributed by atoms with Crippen molar-refractivity contribution in [1.29, 1.82) is 0 Å². The molecule has 3 nitrogen and oxygen atoms in total. The van der Waals surface area contributed by atoms with Crippen LogP contribution in [0.1, 0.15) is 25.5 Å². The second-order valence-electron chi connectivity index (χ2n) is 5.21. The van der Waals surface area contributed by atoms with Crippen LogP contribution in [0.2, 0.25) is 0 Å². The third kappa shape index (κ3) is 3.89. The van der Waals surface area contributed by atoms with Gasteiger partial charge in [-0.3, -0.25) is 0 Å². The average molecular weight is 307 g/mol. The Balaban J connectivity index is 2.31. The highest BCUT2D eigenvalue weighted by Gasteiger charge is 2.23. The lowest BCUT2D eigenvalue weighted by Gasteiger charge is -2.22. The fourth-order valence-electron chi connectivity index (χ4n) is 2.09. The molecular weight excluding hydrogens is 289 g/mol. The molecule has 1 atom stereocenters. The minimum absolute atomic E-state index is 0.0361. The lowest BCUT2D eigenvalue weighted by atomic mass is 9.97. The minimum atomic E-state index is -3.61. The number of nitrogens with one attached hydrogen (secondary N) is 1. The Morgan fingerprint density at radius 1 is 0.952 bits per heavy atom. The van der Waals surface area contributed by atoms with Crippen LogP contribution in [0.25, 0.3) is 0 Å². The summed E-state index contributed by atoms with van der Waals surface area (Å²) in [4.78, 5) is 0.220. The van der Waals surface area contributed by atoms with E-state index in [-0.39, 0.29) is 16.6 Å². The highest BCUT2D eigenvalue weighted by atomic mass is 32.2. The smallest absolute Gasteiger partial charge is 0.207 e. The van der Waals surface area contributed by atoms with Crippen molar-refractivity contribution in [2.75, 3.05) is 0 Å². The summed E-state index contributed by atoms with van der Waals surface area (Å²) in [6.07, 6.45) is 0. The molecular formula is C16H18FNO2S. The summed E-state index contributed by atoms with van der Waals surface area (Å²) in [6, 6.07) is 13.7. The second kappa shape index (κ2) is 6.37. The summed E-state index contributed by atoms with van der Waals surface area (Å²) in [5.74, 6) is -0.305. The second-order valence-corrected chi connectivity index (χ2v) is 6.92. The molecule has 0 aromatic heterocycles. The van der Waals surface area contributed by atoms with Crippen LogP contribution in [0.4, 0.5) is 4.39 Å². The molecule has 0 saturated heterocycles. The Labute approximate surface area is 124 Å². The third-order valence-corrected chi connectivity index (χ3v) is 4.69. The van der Waals surface area contributed by atoms with Crippen LogP contribution in [0, 0.1) is 11.7 Å². The first-order valence-corrected chi connectivity index (χ1v) is 8.21. The molecule has 0 radical (unpaired) electrons. The van der Waals surface area contributed by atoms with Crippen LogP contribution in [0.3, 0.4) is 0 Å². The largest absolute Gasteiger partial charge is 0.241 e. The third-order valence-electron chi connectivity index (χ3n) is 3.23. The summed E-state index contributed by atoms with van der Waals surface area (Å²) in [7, 11) is -3.61. The van der Waals surface area contributed by atoms with Gasteiger partial charge in [0.1, 0.15) is 5.82 Å². The molecule has 1 N–H and O–H groups in total. The predicted octanol–water partition coefficient (Wildman–Crippen LogP) is 3.50. The maximum absolute atomic E-state index is 13.0. The van der Waals surface area contributed by atoms with Gasteiger partial charge in [0.25, 0.3) is 0 Å². The molecule has 0 fully saturated rings. The van der Waals surface area contributed by atoms with E-state index in [2.05, 4.69) is 4.72 Å². The Morgan fingerprint density at radius 2 is 1.52 bits per heavy atom. The maximum atomic E-state index is 13.0. The molecule has 0 bridgehead atoms. The molecule has 2 rings (SSSR count). The summed E-state index contributed by atoms with van der Waals surface area (Å²) in [6.45, 7) is 3.84. The highest BCUT2D eigenvalue weighted by Crippen LogP contribution is 2.24. The van der Waals surface area contributed by atoms with Gasteiger partial charge in [-0.15, -0.1) is 0 Å². The summed E-state index contributed by atoms with van der Waals surface area (Å²) in [5.41, 5.74) is 0.742. The van der Waals surface area contributed by atoms with E-state index in [1.54, 1.807) is 42.5 Å². The Bertz CT molecular complexity index is 682. The van der Waals surface area contributed by atoms with Crippen LogP contribution in [-0.4, -0.2) is 8.42 Å². The molecule has 0 spiro atoms. The lowest BCUT2D eigenvalue weighted by Crippen LogP contribution is -2.31. The first kappa shape index (κ1) is 15.7. The Hall–Kier alpha value is -1.72. The Kier molecular flexibility index (Phi) is 4.75. The van der Waals surface area contributed by atoms with E-state index in [0.29, 0.717) is 0 Å². The summed E-state index contributed by atoms with van der Waals surface area (Å²) in [5, 5.41) is 0. The Morgan fingerprint density at radius 3 is 2.05 bits per heavy atom. The van der Waals surface area contributed by atoms with Crippen molar-refractivity contribution >= 4 is 10.0 Å². The van der Waals surface area contributed by atoms with Crippen molar-refractivity contribution < 1.29 is 12.8 Å². The quantitative estimate of drug-likeness (QED) is 0.919. The molecule has 2 aromatic carbocycles. The van der Waals surface area contributed by atoms with Gasteiger partial charge in [0.15, 0.2) is 0 Å². The molecule has 0 aliphatic heterocycles. The van der Waals surface area contributed by atoms with Gasteiger partial charge < -0.3 is 0 Å². The van der Waals surface area contributed by atoms with Crippen molar-refractivity contribution in [2.24, 2.45) is 5.92 Å². The van der Waals surface area contributed by atoms with Gasteiger partial charge in [-0.05, 0) is 35.7 Å².